The molecule has 3 rings (SSSR count). The highest BCUT2D eigenvalue weighted by Crippen LogP contribution is 2.17. The second-order valence-corrected chi connectivity index (χ2v) is 5.86. The fraction of sp³-hybridized carbons (Fsp3) is 0.647. The van der Waals surface area contributed by atoms with Crippen LogP contribution in [0.15, 0.2) is 24.5 Å². The first-order valence-corrected chi connectivity index (χ1v) is 8.28. The molecule has 0 atom stereocenters. The van der Waals surface area contributed by atoms with Crippen molar-refractivity contribution < 1.29 is 4.79 Å². The minimum absolute atomic E-state index is 0.00926. The molecule has 1 aromatic heterocycles. The van der Waals surface area contributed by atoms with Gasteiger partial charge in [-0.3, -0.25) is 9.78 Å². The number of pyridine rings is 1. The van der Waals surface area contributed by atoms with E-state index < -0.39 is 0 Å². The number of carbonyl (C=O) groups excluding carboxylic acids is 1. The van der Waals surface area contributed by atoms with Crippen molar-refractivity contribution in [2.24, 2.45) is 0 Å². The maximum Gasteiger partial charge on any atom is 0.253 e. The first-order valence-electron chi connectivity index (χ1n) is 8.28. The van der Waals surface area contributed by atoms with Crippen molar-refractivity contribution in [2.75, 3.05) is 13.1 Å². The van der Waals surface area contributed by atoms with Crippen LogP contribution in [0.4, 0.5) is 0 Å². The lowest BCUT2D eigenvalue weighted by atomic mass is 9.95. The summed E-state index contributed by atoms with van der Waals surface area (Å²) in [6.45, 7) is 2.50. The summed E-state index contributed by atoms with van der Waals surface area (Å²) in [4.78, 5) is 15.7. The van der Waals surface area contributed by atoms with Crippen molar-refractivity contribution in [1.82, 2.24) is 15.6 Å². The predicted molar refractivity (Wildman–Crippen MR) is 85.3 cm³/mol. The fourth-order valence-corrected chi connectivity index (χ4v) is 2.81. The van der Waals surface area contributed by atoms with Crippen LogP contribution in [0.5, 0.6) is 0 Å². The molecule has 2 fully saturated rings. The van der Waals surface area contributed by atoms with Gasteiger partial charge in [-0.05, 0) is 50.9 Å². The molecule has 116 valence electrons. The van der Waals surface area contributed by atoms with Gasteiger partial charge in [-0.2, -0.15) is 0 Å². The number of rotatable bonds is 2. The summed E-state index contributed by atoms with van der Waals surface area (Å²) in [6, 6.07) is 3.95. The number of piperidine rings is 1. The monoisotopic (exact) mass is 289 g/mol. The van der Waals surface area contributed by atoms with Crippen LogP contribution in [-0.2, 0) is 0 Å². The van der Waals surface area contributed by atoms with Gasteiger partial charge in [0.1, 0.15) is 0 Å². The topological polar surface area (TPSA) is 54.0 Å². The SMILES string of the molecule is C1CCNCC1.O=C(NC1CCCCC1)c1cccnc1. The van der Waals surface area contributed by atoms with E-state index >= 15 is 0 Å². The first kappa shape index (κ1) is 16.0. The van der Waals surface area contributed by atoms with Gasteiger partial charge in [0.15, 0.2) is 0 Å². The van der Waals surface area contributed by atoms with Gasteiger partial charge in [0.05, 0.1) is 5.56 Å². The van der Waals surface area contributed by atoms with Crippen LogP contribution in [0.1, 0.15) is 61.7 Å². The molecule has 1 aromatic rings. The summed E-state index contributed by atoms with van der Waals surface area (Å²) in [5.74, 6) is 0.00926. The number of hydrogen-bond acceptors (Lipinski definition) is 3. The lowest BCUT2D eigenvalue weighted by Gasteiger charge is -2.22. The summed E-state index contributed by atoms with van der Waals surface area (Å²) in [5.41, 5.74) is 0.656. The third-order valence-electron chi connectivity index (χ3n) is 4.07. The molecule has 0 unspecified atom stereocenters. The summed E-state index contributed by atoms with van der Waals surface area (Å²) < 4.78 is 0. The Kier molecular flexibility index (Phi) is 7.22. The van der Waals surface area contributed by atoms with Crippen molar-refractivity contribution in [3.8, 4) is 0 Å². The third-order valence-corrected chi connectivity index (χ3v) is 4.07. The van der Waals surface area contributed by atoms with E-state index in [1.165, 1.54) is 51.6 Å². The summed E-state index contributed by atoms with van der Waals surface area (Å²) in [5, 5.41) is 6.34. The number of amides is 1. The Balaban J connectivity index is 0.000000225. The zero-order chi connectivity index (χ0) is 14.8. The second-order valence-electron chi connectivity index (χ2n) is 5.86. The van der Waals surface area contributed by atoms with Crippen molar-refractivity contribution in [3.05, 3.63) is 30.1 Å². The minimum Gasteiger partial charge on any atom is -0.349 e. The van der Waals surface area contributed by atoms with Crippen LogP contribution in [0.25, 0.3) is 0 Å². The van der Waals surface area contributed by atoms with Gasteiger partial charge in [0.2, 0.25) is 0 Å². The Morgan fingerprint density at radius 2 is 1.81 bits per heavy atom. The average molecular weight is 289 g/mol. The molecule has 1 saturated heterocycles. The van der Waals surface area contributed by atoms with E-state index in [1.54, 1.807) is 24.5 Å². The van der Waals surface area contributed by atoms with Crippen LogP contribution in [-0.4, -0.2) is 30.0 Å². The average Bonchev–Trinajstić information content (AvgIpc) is 2.59. The highest BCUT2D eigenvalue weighted by atomic mass is 16.1. The van der Waals surface area contributed by atoms with Gasteiger partial charge >= 0.3 is 0 Å². The Bertz CT molecular complexity index is 386. The molecule has 21 heavy (non-hydrogen) atoms. The molecular weight excluding hydrogens is 262 g/mol. The second kappa shape index (κ2) is 9.50. The van der Waals surface area contributed by atoms with Gasteiger partial charge in [0.25, 0.3) is 5.91 Å². The van der Waals surface area contributed by atoms with Gasteiger partial charge in [-0.1, -0.05) is 25.7 Å². The third kappa shape index (κ3) is 6.25. The molecule has 1 aliphatic heterocycles. The zero-order valence-corrected chi connectivity index (χ0v) is 12.8. The van der Waals surface area contributed by atoms with Gasteiger partial charge < -0.3 is 10.6 Å². The molecule has 1 saturated carbocycles. The van der Waals surface area contributed by atoms with Crippen molar-refractivity contribution >= 4 is 5.91 Å². The standard InChI is InChI=1S/C12H16N2O.C5H11N/c15-12(10-5-4-8-13-9-10)14-11-6-2-1-3-7-11;1-2-4-6-5-3-1/h4-5,8-9,11H,1-3,6-7H2,(H,14,15);6H,1-5H2. The summed E-state index contributed by atoms with van der Waals surface area (Å²) >= 11 is 0. The normalized spacial score (nSPS) is 19.2. The molecule has 0 bridgehead atoms. The number of carbonyl (C=O) groups is 1. The lowest BCUT2D eigenvalue weighted by Crippen LogP contribution is -2.36. The molecule has 2 heterocycles. The van der Waals surface area contributed by atoms with Crippen molar-refractivity contribution in [3.63, 3.8) is 0 Å². The number of hydrogen-bond donors (Lipinski definition) is 2. The predicted octanol–water partition coefficient (Wildman–Crippen LogP) is 2.90. The number of nitrogens with one attached hydrogen (secondary N) is 2. The lowest BCUT2D eigenvalue weighted by molar-refractivity contribution is 0.0927. The molecular formula is C17H27N3O. The van der Waals surface area contributed by atoms with Gasteiger partial charge in [0, 0.05) is 18.4 Å². The molecule has 1 amide bonds. The van der Waals surface area contributed by atoms with Crippen LogP contribution in [0.3, 0.4) is 0 Å². The Morgan fingerprint density at radius 1 is 1.10 bits per heavy atom. The maximum atomic E-state index is 11.8. The molecule has 2 N–H and O–H groups in total. The highest BCUT2D eigenvalue weighted by Gasteiger charge is 2.16. The van der Waals surface area contributed by atoms with Crippen molar-refractivity contribution in [2.45, 2.75) is 57.4 Å². The van der Waals surface area contributed by atoms with E-state index in [-0.39, 0.29) is 5.91 Å². The van der Waals surface area contributed by atoms with Crippen LogP contribution < -0.4 is 10.6 Å². The molecule has 4 nitrogen and oxygen atoms in total. The first-order chi connectivity index (χ1) is 10.4. The minimum atomic E-state index is 0.00926. The van der Waals surface area contributed by atoms with E-state index in [0.717, 1.165) is 12.8 Å². The van der Waals surface area contributed by atoms with Crippen LogP contribution in [0.2, 0.25) is 0 Å². The largest absolute Gasteiger partial charge is 0.349 e. The van der Waals surface area contributed by atoms with Crippen molar-refractivity contribution in [1.29, 1.82) is 0 Å². The Hall–Kier alpha value is -1.42. The van der Waals surface area contributed by atoms with E-state index in [9.17, 15) is 4.79 Å². The molecule has 0 spiro atoms. The maximum absolute atomic E-state index is 11.8. The molecule has 0 radical (unpaired) electrons. The zero-order valence-electron chi connectivity index (χ0n) is 12.8. The number of nitrogens with zero attached hydrogens (tertiary/aromatic N) is 1. The summed E-state index contributed by atoms with van der Waals surface area (Å²) in [7, 11) is 0. The van der Waals surface area contributed by atoms with E-state index in [2.05, 4.69) is 15.6 Å². The van der Waals surface area contributed by atoms with Crippen LogP contribution in [0, 0.1) is 0 Å². The molecule has 1 aliphatic carbocycles. The smallest absolute Gasteiger partial charge is 0.253 e. The number of aromatic nitrogens is 1. The molecule has 2 aliphatic rings. The highest BCUT2D eigenvalue weighted by molar-refractivity contribution is 5.93. The quantitative estimate of drug-likeness (QED) is 0.880. The van der Waals surface area contributed by atoms with Gasteiger partial charge in [-0.25, -0.2) is 0 Å². The van der Waals surface area contributed by atoms with E-state index in [4.69, 9.17) is 0 Å². The Morgan fingerprint density at radius 3 is 2.33 bits per heavy atom. The van der Waals surface area contributed by atoms with E-state index in [0.29, 0.717) is 11.6 Å². The Labute approximate surface area is 127 Å². The van der Waals surface area contributed by atoms with E-state index in [1.807, 2.05) is 0 Å². The van der Waals surface area contributed by atoms with Gasteiger partial charge in [-0.15, -0.1) is 0 Å². The molecule has 0 aromatic carbocycles. The molecule has 4 heteroatoms. The fourth-order valence-electron chi connectivity index (χ4n) is 2.81. The summed E-state index contributed by atoms with van der Waals surface area (Å²) in [6.07, 6.45) is 13.5. The van der Waals surface area contributed by atoms with Crippen LogP contribution >= 0.6 is 0 Å².